The molecule has 5 nitrogen and oxygen atoms in total. The zero-order chi connectivity index (χ0) is 18.4. The number of aromatic nitrogens is 3. The van der Waals surface area contributed by atoms with Gasteiger partial charge in [0.25, 0.3) is 0 Å². The van der Waals surface area contributed by atoms with E-state index < -0.39 is 0 Å². The maximum absolute atomic E-state index is 4.44. The van der Waals surface area contributed by atoms with Gasteiger partial charge in [0.05, 0.1) is 12.6 Å². The van der Waals surface area contributed by atoms with Crippen molar-refractivity contribution in [2.24, 2.45) is 0 Å². The van der Waals surface area contributed by atoms with Crippen molar-refractivity contribution in [2.45, 2.75) is 58.7 Å². The molecule has 142 valence electrons. The first-order valence-electron chi connectivity index (χ1n) is 10.2. The average Bonchev–Trinajstić information content (AvgIpc) is 3.44. The third-order valence-electron chi connectivity index (χ3n) is 5.61. The molecule has 0 saturated carbocycles. The standard InChI is InChI=1S/C19H27N5.C2H6/c1-16(23-12-9-18(14-23)22-10-5-6-11-22)19-21-20-15-24(19)13-17-7-3-2-4-8-17;1-2/h2-4,7-8,15-16,18H,5-6,9-14H2,1H3;1-2H3. The maximum Gasteiger partial charge on any atom is 0.150 e. The van der Waals surface area contributed by atoms with Crippen molar-refractivity contribution >= 4 is 0 Å². The zero-order valence-corrected chi connectivity index (χ0v) is 16.5. The second-order valence-corrected chi connectivity index (χ2v) is 7.16. The van der Waals surface area contributed by atoms with Crippen LogP contribution in [0.4, 0.5) is 0 Å². The van der Waals surface area contributed by atoms with E-state index in [0.717, 1.165) is 18.4 Å². The van der Waals surface area contributed by atoms with Crippen molar-refractivity contribution < 1.29 is 0 Å². The van der Waals surface area contributed by atoms with E-state index in [-0.39, 0.29) is 0 Å². The lowest BCUT2D eigenvalue weighted by Crippen LogP contribution is -2.36. The fraction of sp³-hybridized carbons (Fsp3) is 0.619. The summed E-state index contributed by atoms with van der Waals surface area (Å²) in [6.45, 7) is 12.0. The third-order valence-corrected chi connectivity index (χ3v) is 5.61. The molecule has 2 saturated heterocycles. The SMILES string of the molecule is CC.CC(c1nncn1Cc1ccccc1)N1CCC(N2CCCC2)C1. The summed E-state index contributed by atoms with van der Waals surface area (Å²) in [5.74, 6) is 1.08. The fourth-order valence-corrected chi connectivity index (χ4v) is 4.18. The van der Waals surface area contributed by atoms with Gasteiger partial charge in [-0.3, -0.25) is 9.80 Å². The van der Waals surface area contributed by atoms with Gasteiger partial charge in [0.15, 0.2) is 0 Å². The van der Waals surface area contributed by atoms with Gasteiger partial charge in [0.1, 0.15) is 12.2 Å². The molecule has 2 aliphatic heterocycles. The van der Waals surface area contributed by atoms with Crippen molar-refractivity contribution in [1.29, 1.82) is 0 Å². The molecule has 0 spiro atoms. The summed E-state index contributed by atoms with van der Waals surface area (Å²) in [7, 11) is 0. The Morgan fingerprint density at radius 3 is 2.54 bits per heavy atom. The smallest absolute Gasteiger partial charge is 0.150 e. The quantitative estimate of drug-likeness (QED) is 0.821. The first-order chi connectivity index (χ1) is 12.8. The Labute approximate surface area is 158 Å². The lowest BCUT2D eigenvalue weighted by atomic mass is 10.2. The summed E-state index contributed by atoms with van der Waals surface area (Å²) in [6, 6.07) is 11.6. The molecule has 2 aromatic rings. The van der Waals surface area contributed by atoms with Crippen LogP contribution in [0.5, 0.6) is 0 Å². The van der Waals surface area contributed by atoms with Gasteiger partial charge in [-0.25, -0.2) is 0 Å². The van der Waals surface area contributed by atoms with Gasteiger partial charge in [-0.1, -0.05) is 44.2 Å². The van der Waals surface area contributed by atoms with Gasteiger partial charge in [-0.2, -0.15) is 0 Å². The van der Waals surface area contributed by atoms with Gasteiger partial charge in [0, 0.05) is 19.1 Å². The summed E-state index contributed by atoms with van der Waals surface area (Å²) in [5, 5.41) is 8.62. The molecule has 1 aromatic carbocycles. The van der Waals surface area contributed by atoms with E-state index >= 15 is 0 Å². The molecule has 2 aliphatic rings. The van der Waals surface area contributed by atoms with Crippen LogP contribution in [0.25, 0.3) is 0 Å². The lowest BCUT2D eigenvalue weighted by Gasteiger charge is -2.27. The Hall–Kier alpha value is -1.72. The van der Waals surface area contributed by atoms with Crippen LogP contribution in [-0.4, -0.2) is 56.8 Å². The lowest BCUT2D eigenvalue weighted by molar-refractivity contribution is 0.201. The maximum atomic E-state index is 4.44. The Bertz CT molecular complexity index is 647. The number of likely N-dealkylation sites (tertiary alicyclic amines) is 2. The van der Waals surface area contributed by atoms with Crippen LogP contribution < -0.4 is 0 Å². The molecule has 4 rings (SSSR count). The number of hydrogen-bond donors (Lipinski definition) is 0. The van der Waals surface area contributed by atoms with Crippen LogP contribution in [0.2, 0.25) is 0 Å². The van der Waals surface area contributed by atoms with Gasteiger partial charge >= 0.3 is 0 Å². The summed E-state index contributed by atoms with van der Waals surface area (Å²) in [6.07, 6.45) is 5.90. The number of nitrogens with zero attached hydrogens (tertiary/aromatic N) is 5. The third kappa shape index (κ3) is 4.33. The predicted molar refractivity (Wildman–Crippen MR) is 106 cm³/mol. The Morgan fingerprint density at radius 1 is 1.08 bits per heavy atom. The van der Waals surface area contributed by atoms with E-state index in [9.17, 15) is 0 Å². The van der Waals surface area contributed by atoms with E-state index in [1.54, 1.807) is 0 Å². The van der Waals surface area contributed by atoms with Crippen molar-refractivity contribution in [3.8, 4) is 0 Å². The molecule has 0 bridgehead atoms. The summed E-state index contributed by atoms with van der Waals surface area (Å²) >= 11 is 0. The van der Waals surface area contributed by atoms with Crippen molar-refractivity contribution in [2.75, 3.05) is 26.2 Å². The number of rotatable bonds is 5. The first-order valence-corrected chi connectivity index (χ1v) is 10.2. The second-order valence-electron chi connectivity index (χ2n) is 7.16. The van der Waals surface area contributed by atoms with Crippen molar-refractivity contribution in [3.05, 3.63) is 48.0 Å². The van der Waals surface area contributed by atoms with E-state index in [1.165, 1.54) is 51.0 Å². The van der Waals surface area contributed by atoms with Crippen LogP contribution in [-0.2, 0) is 6.54 Å². The average molecular weight is 356 g/mol. The van der Waals surface area contributed by atoms with Crippen LogP contribution >= 0.6 is 0 Å². The minimum Gasteiger partial charge on any atom is -0.312 e. The van der Waals surface area contributed by atoms with E-state index in [0.29, 0.717) is 6.04 Å². The normalized spacial score (nSPS) is 22.2. The van der Waals surface area contributed by atoms with Gasteiger partial charge in [-0.15, -0.1) is 10.2 Å². The molecule has 2 unspecified atom stereocenters. The molecular weight excluding hydrogens is 322 g/mol. The topological polar surface area (TPSA) is 37.2 Å². The summed E-state index contributed by atoms with van der Waals surface area (Å²) < 4.78 is 2.20. The Kier molecular flexibility index (Phi) is 6.80. The minimum absolute atomic E-state index is 0.323. The molecule has 5 heteroatoms. The van der Waals surface area contributed by atoms with Crippen molar-refractivity contribution in [3.63, 3.8) is 0 Å². The Morgan fingerprint density at radius 2 is 1.81 bits per heavy atom. The fourth-order valence-electron chi connectivity index (χ4n) is 4.18. The molecule has 0 amide bonds. The highest BCUT2D eigenvalue weighted by atomic mass is 15.3. The minimum atomic E-state index is 0.323. The highest BCUT2D eigenvalue weighted by molar-refractivity contribution is 5.15. The largest absolute Gasteiger partial charge is 0.312 e. The molecule has 0 radical (unpaired) electrons. The van der Waals surface area contributed by atoms with Gasteiger partial charge in [0.2, 0.25) is 0 Å². The molecule has 3 heterocycles. The van der Waals surface area contributed by atoms with Crippen LogP contribution in [0, 0.1) is 0 Å². The molecule has 26 heavy (non-hydrogen) atoms. The summed E-state index contributed by atoms with van der Waals surface area (Å²) in [4.78, 5) is 5.26. The van der Waals surface area contributed by atoms with E-state index in [2.05, 4.69) is 61.8 Å². The monoisotopic (exact) mass is 355 g/mol. The van der Waals surface area contributed by atoms with Crippen LogP contribution in [0.1, 0.15) is 57.5 Å². The van der Waals surface area contributed by atoms with Gasteiger partial charge < -0.3 is 4.57 Å². The molecule has 2 atom stereocenters. The number of benzene rings is 1. The molecule has 2 fully saturated rings. The van der Waals surface area contributed by atoms with Gasteiger partial charge in [-0.05, 0) is 44.8 Å². The van der Waals surface area contributed by atoms with E-state index in [1.807, 2.05) is 20.2 Å². The Balaban J connectivity index is 0.000000948. The second kappa shape index (κ2) is 9.28. The number of hydrogen-bond acceptors (Lipinski definition) is 4. The molecule has 0 aliphatic carbocycles. The van der Waals surface area contributed by atoms with E-state index in [4.69, 9.17) is 0 Å². The highest BCUT2D eigenvalue weighted by Crippen LogP contribution is 2.27. The highest BCUT2D eigenvalue weighted by Gasteiger charge is 2.33. The van der Waals surface area contributed by atoms with Crippen LogP contribution in [0.3, 0.4) is 0 Å². The summed E-state index contributed by atoms with van der Waals surface area (Å²) in [5.41, 5.74) is 1.29. The van der Waals surface area contributed by atoms with Crippen LogP contribution in [0.15, 0.2) is 36.7 Å². The zero-order valence-electron chi connectivity index (χ0n) is 16.5. The molecule has 0 N–H and O–H groups in total. The van der Waals surface area contributed by atoms with Crippen molar-refractivity contribution in [1.82, 2.24) is 24.6 Å². The molecule has 1 aromatic heterocycles. The molecular formula is C21H33N5. The predicted octanol–water partition coefficient (Wildman–Crippen LogP) is 3.58. The first kappa shape index (κ1) is 19.1.